The lowest BCUT2D eigenvalue weighted by Gasteiger charge is -1.96. The number of nitrogens with zero attached hydrogens (tertiary/aromatic N) is 2. The Bertz CT molecular complexity index is 523. The molecular formula is C8H4BrClN2O2. The number of fused-ring (bicyclic) bond motifs is 1. The van der Waals surface area contributed by atoms with E-state index in [2.05, 4.69) is 20.9 Å². The molecule has 0 saturated heterocycles. The second-order valence-corrected chi connectivity index (χ2v) is 3.82. The van der Waals surface area contributed by atoms with Gasteiger partial charge in [0, 0.05) is 6.20 Å². The number of carboxylic acid groups (broad SMARTS) is 1. The van der Waals surface area contributed by atoms with E-state index in [9.17, 15) is 4.79 Å². The molecule has 2 heterocycles. The largest absolute Gasteiger partial charge is 0.475 e. The third-order valence-corrected chi connectivity index (χ3v) is 2.55. The standard InChI is InChI=1S/C8H4BrClN2O2/c9-6-5-2-1-4(10)3-12(5)7(11-6)8(13)14/h1-3H,(H,13,14). The topological polar surface area (TPSA) is 54.6 Å². The summed E-state index contributed by atoms with van der Waals surface area (Å²) in [6.45, 7) is 0. The van der Waals surface area contributed by atoms with Crippen LogP contribution in [-0.2, 0) is 0 Å². The molecule has 2 rings (SSSR count). The van der Waals surface area contributed by atoms with Gasteiger partial charge in [0.1, 0.15) is 4.60 Å². The lowest BCUT2D eigenvalue weighted by Crippen LogP contribution is -2.03. The maximum absolute atomic E-state index is 10.8. The Kier molecular flexibility index (Phi) is 2.20. The fourth-order valence-corrected chi connectivity index (χ4v) is 1.82. The van der Waals surface area contributed by atoms with Gasteiger partial charge in [-0.25, -0.2) is 9.78 Å². The fourth-order valence-electron chi connectivity index (χ4n) is 1.17. The van der Waals surface area contributed by atoms with Crippen LogP contribution in [0.2, 0.25) is 5.02 Å². The first kappa shape index (κ1) is 9.48. The number of hydrogen-bond acceptors (Lipinski definition) is 2. The van der Waals surface area contributed by atoms with Gasteiger partial charge >= 0.3 is 5.97 Å². The Hall–Kier alpha value is -1.07. The number of carbonyl (C=O) groups is 1. The first-order valence-corrected chi connectivity index (χ1v) is 4.83. The average molecular weight is 275 g/mol. The third kappa shape index (κ3) is 1.38. The van der Waals surface area contributed by atoms with E-state index >= 15 is 0 Å². The van der Waals surface area contributed by atoms with E-state index in [-0.39, 0.29) is 5.82 Å². The smallest absolute Gasteiger partial charge is 0.372 e. The molecule has 72 valence electrons. The highest BCUT2D eigenvalue weighted by Gasteiger charge is 2.14. The molecule has 0 spiro atoms. The summed E-state index contributed by atoms with van der Waals surface area (Å²) in [6.07, 6.45) is 1.51. The summed E-state index contributed by atoms with van der Waals surface area (Å²) in [5.41, 5.74) is 0.673. The van der Waals surface area contributed by atoms with Crippen LogP contribution in [-0.4, -0.2) is 20.5 Å². The number of imidazole rings is 1. The third-order valence-electron chi connectivity index (χ3n) is 1.75. The lowest BCUT2D eigenvalue weighted by atomic mass is 10.4. The van der Waals surface area contributed by atoms with Gasteiger partial charge < -0.3 is 5.11 Å². The molecule has 2 aromatic rings. The van der Waals surface area contributed by atoms with Crippen molar-refractivity contribution in [2.45, 2.75) is 0 Å². The highest BCUT2D eigenvalue weighted by Crippen LogP contribution is 2.21. The molecule has 0 atom stereocenters. The van der Waals surface area contributed by atoms with E-state index in [1.54, 1.807) is 12.1 Å². The zero-order valence-electron chi connectivity index (χ0n) is 6.74. The molecule has 2 aromatic heterocycles. The number of carboxylic acids is 1. The van der Waals surface area contributed by atoms with Crippen LogP contribution in [0.3, 0.4) is 0 Å². The van der Waals surface area contributed by atoms with Crippen LogP contribution in [0.15, 0.2) is 22.9 Å². The SMILES string of the molecule is O=C(O)c1nc(Br)c2ccc(Cl)cn12. The predicted molar refractivity (Wildman–Crippen MR) is 54.9 cm³/mol. The van der Waals surface area contributed by atoms with Gasteiger partial charge in [0.2, 0.25) is 5.82 Å². The molecule has 0 unspecified atom stereocenters. The summed E-state index contributed by atoms with van der Waals surface area (Å²) >= 11 is 8.92. The van der Waals surface area contributed by atoms with Crippen molar-refractivity contribution in [1.82, 2.24) is 9.38 Å². The monoisotopic (exact) mass is 274 g/mol. The van der Waals surface area contributed by atoms with E-state index in [4.69, 9.17) is 16.7 Å². The highest BCUT2D eigenvalue weighted by molar-refractivity contribution is 9.10. The molecular weight excluding hydrogens is 271 g/mol. The molecule has 0 radical (unpaired) electrons. The Labute approximate surface area is 92.3 Å². The number of aromatic nitrogens is 2. The summed E-state index contributed by atoms with van der Waals surface area (Å²) in [4.78, 5) is 14.6. The Morgan fingerprint density at radius 2 is 2.29 bits per heavy atom. The van der Waals surface area contributed by atoms with Crippen molar-refractivity contribution in [3.05, 3.63) is 33.8 Å². The average Bonchev–Trinajstić information content (AvgIpc) is 2.43. The second kappa shape index (κ2) is 3.25. The van der Waals surface area contributed by atoms with E-state index in [1.807, 2.05) is 0 Å². The van der Waals surface area contributed by atoms with Crippen molar-refractivity contribution in [2.24, 2.45) is 0 Å². The Morgan fingerprint density at radius 3 is 2.93 bits per heavy atom. The summed E-state index contributed by atoms with van der Waals surface area (Å²) in [5, 5.41) is 9.30. The van der Waals surface area contributed by atoms with E-state index in [1.165, 1.54) is 10.6 Å². The van der Waals surface area contributed by atoms with Crippen LogP contribution < -0.4 is 0 Å². The molecule has 6 heteroatoms. The van der Waals surface area contributed by atoms with Crippen LogP contribution in [0.5, 0.6) is 0 Å². The zero-order valence-corrected chi connectivity index (χ0v) is 9.08. The minimum absolute atomic E-state index is 0.0608. The van der Waals surface area contributed by atoms with Crippen LogP contribution in [0.1, 0.15) is 10.6 Å². The van der Waals surface area contributed by atoms with Crippen LogP contribution >= 0.6 is 27.5 Å². The molecule has 14 heavy (non-hydrogen) atoms. The Morgan fingerprint density at radius 1 is 1.57 bits per heavy atom. The van der Waals surface area contributed by atoms with Crippen molar-refractivity contribution < 1.29 is 9.90 Å². The van der Waals surface area contributed by atoms with E-state index < -0.39 is 5.97 Å². The first-order chi connectivity index (χ1) is 6.59. The van der Waals surface area contributed by atoms with Crippen LogP contribution in [0.4, 0.5) is 0 Å². The Balaban J connectivity index is 2.85. The van der Waals surface area contributed by atoms with Crippen molar-refractivity contribution in [2.75, 3.05) is 0 Å². The normalized spacial score (nSPS) is 10.7. The summed E-state index contributed by atoms with van der Waals surface area (Å²) in [6, 6.07) is 3.38. The summed E-state index contributed by atoms with van der Waals surface area (Å²) in [5.74, 6) is -1.15. The van der Waals surface area contributed by atoms with Crippen molar-refractivity contribution in [3.63, 3.8) is 0 Å². The number of halogens is 2. The number of hydrogen-bond donors (Lipinski definition) is 1. The summed E-state index contributed by atoms with van der Waals surface area (Å²) < 4.78 is 1.92. The van der Waals surface area contributed by atoms with Gasteiger partial charge in [-0.15, -0.1) is 0 Å². The first-order valence-electron chi connectivity index (χ1n) is 3.66. The minimum atomic E-state index is -1.09. The van der Waals surface area contributed by atoms with E-state index in [0.717, 1.165) is 0 Å². The zero-order chi connectivity index (χ0) is 10.3. The van der Waals surface area contributed by atoms with Gasteiger partial charge in [-0.05, 0) is 28.1 Å². The number of rotatable bonds is 1. The summed E-state index contributed by atoms with van der Waals surface area (Å²) in [7, 11) is 0. The van der Waals surface area contributed by atoms with Crippen LogP contribution in [0, 0.1) is 0 Å². The van der Waals surface area contributed by atoms with Gasteiger partial charge in [-0.2, -0.15) is 0 Å². The molecule has 0 aliphatic rings. The molecule has 0 saturated carbocycles. The molecule has 0 aromatic carbocycles. The molecule has 0 amide bonds. The second-order valence-electron chi connectivity index (χ2n) is 2.63. The predicted octanol–water partition coefficient (Wildman–Crippen LogP) is 2.45. The molecule has 4 nitrogen and oxygen atoms in total. The van der Waals surface area contributed by atoms with E-state index in [0.29, 0.717) is 15.1 Å². The molecule has 1 N–H and O–H groups in total. The maximum Gasteiger partial charge on any atom is 0.372 e. The van der Waals surface area contributed by atoms with Crippen LogP contribution in [0.25, 0.3) is 5.52 Å². The van der Waals surface area contributed by atoms with Gasteiger partial charge in [-0.3, -0.25) is 4.40 Å². The number of aromatic carboxylic acids is 1. The molecule has 0 bridgehead atoms. The van der Waals surface area contributed by atoms with Gasteiger partial charge in [0.25, 0.3) is 0 Å². The van der Waals surface area contributed by atoms with Crippen molar-refractivity contribution in [3.8, 4) is 0 Å². The number of pyridine rings is 1. The van der Waals surface area contributed by atoms with Gasteiger partial charge in [0.15, 0.2) is 0 Å². The molecule has 0 aliphatic heterocycles. The molecule has 0 fully saturated rings. The van der Waals surface area contributed by atoms with Gasteiger partial charge in [0.05, 0.1) is 10.5 Å². The van der Waals surface area contributed by atoms with Crippen molar-refractivity contribution in [1.29, 1.82) is 0 Å². The highest BCUT2D eigenvalue weighted by atomic mass is 79.9. The maximum atomic E-state index is 10.8. The molecule has 0 aliphatic carbocycles. The fraction of sp³-hybridized carbons (Fsp3) is 0. The minimum Gasteiger partial charge on any atom is -0.475 e. The van der Waals surface area contributed by atoms with Crippen molar-refractivity contribution >= 4 is 39.0 Å². The van der Waals surface area contributed by atoms with Gasteiger partial charge in [-0.1, -0.05) is 11.6 Å². The lowest BCUT2D eigenvalue weighted by molar-refractivity contribution is 0.0682. The quantitative estimate of drug-likeness (QED) is 0.870.